The maximum atomic E-state index is 6.31. The van der Waals surface area contributed by atoms with Gasteiger partial charge in [0.15, 0.2) is 0 Å². The summed E-state index contributed by atoms with van der Waals surface area (Å²) in [5.74, 6) is 0. The van der Waals surface area contributed by atoms with Gasteiger partial charge in [-0.25, -0.2) is 0 Å². The van der Waals surface area contributed by atoms with Gasteiger partial charge in [-0.05, 0) is 54.6 Å². The fraction of sp³-hybridized carbons (Fsp3) is 0.294. The zero-order chi connectivity index (χ0) is 14.8. The number of fused-ring (bicyclic) bond motifs is 1. The maximum absolute atomic E-state index is 6.31. The van der Waals surface area contributed by atoms with Crippen LogP contribution in [0.1, 0.15) is 35.4 Å². The van der Waals surface area contributed by atoms with Crippen molar-refractivity contribution in [1.29, 1.82) is 0 Å². The molecule has 0 fully saturated rings. The van der Waals surface area contributed by atoms with E-state index in [4.69, 9.17) is 11.6 Å². The Bertz CT molecular complexity index is 716. The fourth-order valence-corrected chi connectivity index (χ4v) is 4.80. The number of hydrogen-bond acceptors (Lipinski definition) is 3. The summed E-state index contributed by atoms with van der Waals surface area (Å²) in [7, 11) is 0. The quantitative estimate of drug-likeness (QED) is 0.601. The summed E-state index contributed by atoms with van der Waals surface area (Å²) in [6.45, 7) is 5.24. The van der Waals surface area contributed by atoms with E-state index < -0.39 is 0 Å². The van der Waals surface area contributed by atoms with Crippen LogP contribution in [-0.2, 0) is 0 Å². The lowest BCUT2D eigenvalue weighted by Crippen LogP contribution is -2.22. The summed E-state index contributed by atoms with van der Waals surface area (Å²) in [6, 6.07) is 11.1. The van der Waals surface area contributed by atoms with E-state index in [1.54, 1.807) is 11.3 Å². The van der Waals surface area contributed by atoms with Crippen LogP contribution >= 0.6 is 34.3 Å². The third-order valence-corrected chi connectivity index (χ3v) is 6.14. The fourth-order valence-electron chi connectivity index (χ4n) is 2.39. The lowest BCUT2D eigenvalue weighted by molar-refractivity contribution is 0.606. The van der Waals surface area contributed by atoms with Gasteiger partial charge < -0.3 is 5.32 Å². The molecular weight excluding hydrogens is 318 g/mol. The number of benzene rings is 1. The molecule has 0 aliphatic rings. The Morgan fingerprint density at radius 3 is 2.76 bits per heavy atom. The van der Waals surface area contributed by atoms with Crippen LogP contribution in [-0.4, -0.2) is 6.54 Å². The molecule has 0 amide bonds. The van der Waals surface area contributed by atoms with Crippen LogP contribution < -0.4 is 5.32 Å². The van der Waals surface area contributed by atoms with Crippen molar-refractivity contribution in [2.45, 2.75) is 26.3 Å². The van der Waals surface area contributed by atoms with Crippen molar-refractivity contribution in [3.05, 3.63) is 56.7 Å². The van der Waals surface area contributed by atoms with Gasteiger partial charge in [0, 0.05) is 19.3 Å². The molecule has 1 nitrogen and oxygen atoms in total. The highest BCUT2D eigenvalue weighted by molar-refractivity contribution is 7.27. The first kappa shape index (κ1) is 15.0. The molecule has 21 heavy (non-hydrogen) atoms. The van der Waals surface area contributed by atoms with E-state index in [0.717, 1.165) is 23.6 Å². The average molecular weight is 336 g/mol. The second-order valence-electron chi connectivity index (χ2n) is 5.19. The monoisotopic (exact) mass is 335 g/mol. The van der Waals surface area contributed by atoms with Crippen LogP contribution in [0.3, 0.4) is 0 Å². The molecule has 4 heteroatoms. The molecule has 0 saturated heterocycles. The normalized spacial score (nSPS) is 12.9. The van der Waals surface area contributed by atoms with Crippen molar-refractivity contribution in [2.75, 3.05) is 6.54 Å². The first-order valence-electron chi connectivity index (χ1n) is 7.15. The third-order valence-electron chi connectivity index (χ3n) is 3.57. The van der Waals surface area contributed by atoms with E-state index in [0.29, 0.717) is 0 Å². The lowest BCUT2D eigenvalue weighted by Gasteiger charge is -2.18. The molecule has 2 aromatic heterocycles. The second-order valence-corrected chi connectivity index (χ2v) is 7.66. The van der Waals surface area contributed by atoms with E-state index >= 15 is 0 Å². The van der Waals surface area contributed by atoms with Gasteiger partial charge in [-0.3, -0.25) is 0 Å². The van der Waals surface area contributed by atoms with E-state index in [2.05, 4.69) is 48.0 Å². The number of aryl methyl sites for hydroxylation is 1. The minimum atomic E-state index is 0.229. The van der Waals surface area contributed by atoms with Gasteiger partial charge in [-0.1, -0.05) is 30.7 Å². The Labute approximate surface area is 138 Å². The van der Waals surface area contributed by atoms with Crippen molar-refractivity contribution in [2.24, 2.45) is 0 Å². The number of hydrogen-bond donors (Lipinski definition) is 1. The zero-order valence-corrected chi connectivity index (χ0v) is 14.5. The molecule has 0 aliphatic heterocycles. The van der Waals surface area contributed by atoms with Crippen LogP contribution in [0.2, 0.25) is 5.02 Å². The summed E-state index contributed by atoms with van der Waals surface area (Å²) in [6.07, 6.45) is 1.12. The average Bonchev–Trinajstić information content (AvgIpc) is 3.04. The van der Waals surface area contributed by atoms with Gasteiger partial charge in [-0.15, -0.1) is 22.7 Å². The first-order chi connectivity index (χ1) is 10.2. The molecule has 0 radical (unpaired) electrons. The number of halogens is 1. The van der Waals surface area contributed by atoms with Crippen LogP contribution in [0.25, 0.3) is 9.40 Å². The summed E-state index contributed by atoms with van der Waals surface area (Å²) in [5, 5.41) is 6.65. The van der Waals surface area contributed by atoms with Gasteiger partial charge >= 0.3 is 0 Å². The van der Waals surface area contributed by atoms with E-state index in [1.165, 1.54) is 19.8 Å². The Balaban J connectivity index is 1.99. The molecule has 0 spiro atoms. The predicted octanol–water partition coefficient (Wildman–Crippen LogP) is 6.01. The molecule has 0 saturated carbocycles. The van der Waals surface area contributed by atoms with Gasteiger partial charge in [0.2, 0.25) is 0 Å². The minimum absolute atomic E-state index is 0.229. The Kier molecular flexibility index (Phi) is 4.65. The highest BCUT2D eigenvalue weighted by Crippen LogP contribution is 2.36. The first-order valence-corrected chi connectivity index (χ1v) is 9.23. The summed E-state index contributed by atoms with van der Waals surface area (Å²) in [5.41, 5.74) is 2.37. The molecule has 0 aliphatic carbocycles. The van der Waals surface area contributed by atoms with E-state index in [-0.39, 0.29) is 6.04 Å². The predicted molar refractivity (Wildman–Crippen MR) is 96.0 cm³/mol. The number of rotatable bonds is 5. The van der Waals surface area contributed by atoms with Crippen LogP contribution in [0.4, 0.5) is 0 Å². The van der Waals surface area contributed by atoms with Crippen LogP contribution in [0, 0.1) is 6.92 Å². The molecule has 110 valence electrons. The topological polar surface area (TPSA) is 12.0 Å². The van der Waals surface area contributed by atoms with Crippen LogP contribution in [0.15, 0.2) is 35.7 Å². The highest BCUT2D eigenvalue weighted by Gasteiger charge is 2.17. The summed E-state index contributed by atoms with van der Waals surface area (Å²) >= 11 is 9.99. The molecule has 3 aromatic rings. The summed E-state index contributed by atoms with van der Waals surface area (Å²) < 4.78 is 2.74. The number of thiophene rings is 2. The molecule has 3 rings (SSSR count). The number of nitrogens with one attached hydrogen (secondary N) is 1. The van der Waals surface area contributed by atoms with Crippen molar-refractivity contribution in [3.63, 3.8) is 0 Å². The molecule has 1 N–H and O–H groups in total. The largest absolute Gasteiger partial charge is 0.306 e. The van der Waals surface area contributed by atoms with Gasteiger partial charge in [0.05, 0.1) is 6.04 Å². The van der Waals surface area contributed by atoms with Crippen molar-refractivity contribution in [1.82, 2.24) is 5.32 Å². The van der Waals surface area contributed by atoms with E-state index in [9.17, 15) is 0 Å². The molecule has 0 bridgehead atoms. The van der Waals surface area contributed by atoms with Crippen LogP contribution in [0.5, 0.6) is 0 Å². The third kappa shape index (κ3) is 3.16. The smallest absolute Gasteiger partial charge is 0.0672 e. The molecular formula is C17H18ClNS2. The van der Waals surface area contributed by atoms with Crippen molar-refractivity contribution >= 4 is 43.7 Å². The van der Waals surface area contributed by atoms with Gasteiger partial charge in [-0.2, -0.15) is 0 Å². The highest BCUT2D eigenvalue weighted by atomic mass is 35.5. The molecule has 1 unspecified atom stereocenters. The molecule has 1 atom stereocenters. The summed E-state index contributed by atoms with van der Waals surface area (Å²) in [4.78, 5) is 1.37. The molecule has 1 aromatic carbocycles. The van der Waals surface area contributed by atoms with Gasteiger partial charge in [0.1, 0.15) is 0 Å². The standard InChI is InChI=1S/C17H18ClNS2/c1-3-7-19-17(12-5-4-11(2)13(18)9-12)16-10-15-14(21-16)6-8-20-15/h4-6,8-10,17,19H,3,7H2,1-2H3. The molecule has 2 heterocycles. The minimum Gasteiger partial charge on any atom is -0.306 e. The van der Waals surface area contributed by atoms with Crippen molar-refractivity contribution < 1.29 is 0 Å². The SMILES string of the molecule is CCCNC(c1ccc(C)c(Cl)c1)c1cc2sccc2s1. The zero-order valence-electron chi connectivity index (χ0n) is 12.2. The lowest BCUT2D eigenvalue weighted by atomic mass is 10.0. The maximum Gasteiger partial charge on any atom is 0.0672 e. The van der Waals surface area contributed by atoms with E-state index in [1.807, 2.05) is 18.3 Å². The van der Waals surface area contributed by atoms with Gasteiger partial charge in [0.25, 0.3) is 0 Å². The van der Waals surface area contributed by atoms with Crippen molar-refractivity contribution in [3.8, 4) is 0 Å². The second kappa shape index (κ2) is 6.49. The Morgan fingerprint density at radius 2 is 2.05 bits per heavy atom. The Morgan fingerprint density at radius 1 is 1.19 bits per heavy atom. The Hall–Kier alpha value is -0.870.